The SMILES string of the molecule is CC(C)[C@H](NC(=O)[C@H](CCCCN)NC(=O)[C@@H](Cc1ccccc1)NC(=O)[C@H](Cc1c[nH]c2ccccc12)NC(=O)[C@H](C)NC(=O)[C@@H](Cc1c[nH]c2ccccc12)NC(=O)[C@@H](C)N)C(=O)NCC(=O)O. The Labute approximate surface area is 405 Å². The van der Waals surface area contributed by atoms with E-state index >= 15 is 0 Å². The zero-order valence-electron chi connectivity index (χ0n) is 39.8. The Balaban J connectivity index is 1.40. The summed E-state index contributed by atoms with van der Waals surface area (Å²) in [7, 11) is 0. The Bertz CT molecular complexity index is 2610. The van der Waals surface area contributed by atoms with Crippen molar-refractivity contribution in [2.24, 2.45) is 17.4 Å². The van der Waals surface area contributed by atoms with Gasteiger partial charge in [0.2, 0.25) is 41.4 Å². The van der Waals surface area contributed by atoms with Gasteiger partial charge in [0, 0.05) is 53.5 Å². The number of carboxylic acids is 1. The molecule has 7 atom stereocenters. The number of hydrogen-bond donors (Lipinski definition) is 12. The molecule has 0 saturated heterocycles. The van der Waals surface area contributed by atoms with Crippen LogP contribution in [0.4, 0.5) is 0 Å². The second-order valence-corrected chi connectivity index (χ2v) is 17.7. The normalized spacial score (nSPS) is 14.3. The maximum Gasteiger partial charge on any atom is 0.322 e. The number of nitrogens with one attached hydrogen (secondary N) is 9. The van der Waals surface area contributed by atoms with Gasteiger partial charge in [-0.25, -0.2) is 0 Å². The molecular formula is C50H65N11O9. The predicted octanol–water partition coefficient (Wildman–Crippen LogP) is 0.939. The minimum atomic E-state index is -1.32. The van der Waals surface area contributed by atoms with Crippen LogP contribution in [0.25, 0.3) is 21.8 Å². The molecule has 2 heterocycles. The number of carboxylic acid groups (broad SMARTS) is 1. The average Bonchev–Trinajstić information content (AvgIpc) is 3.95. The Kier molecular flexibility index (Phi) is 19.6. The quantitative estimate of drug-likeness (QED) is 0.0346. The number of carbonyl (C=O) groups is 8. The first-order valence-corrected chi connectivity index (χ1v) is 23.4. The lowest BCUT2D eigenvalue weighted by atomic mass is 10.00. The molecule has 70 heavy (non-hydrogen) atoms. The highest BCUT2D eigenvalue weighted by Crippen LogP contribution is 2.21. The number of aliphatic carboxylic acids is 1. The molecule has 3 aromatic carbocycles. The first-order valence-electron chi connectivity index (χ1n) is 23.4. The first kappa shape index (κ1) is 53.4. The minimum Gasteiger partial charge on any atom is -0.480 e. The van der Waals surface area contributed by atoms with Crippen LogP contribution in [-0.2, 0) is 57.6 Å². The molecule has 0 aliphatic carbocycles. The van der Waals surface area contributed by atoms with Crippen molar-refractivity contribution in [3.8, 4) is 0 Å². The molecular weight excluding hydrogens is 899 g/mol. The van der Waals surface area contributed by atoms with E-state index in [1.54, 1.807) is 56.6 Å². The van der Waals surface area contributed by atoms with Crippen LogP contribution in [0.3, 0.4) is 0 Å². The Morgan fingerprint density at radius 3 is 1.54 bits per heavy atom. The summed E-state index contributed by atoms with van der Waals surface area (Å²) in [5.41, 5.74) is 15.3. The summed E-state index contributed by atoms with van der Waals surface area (Å²) in [5, 5.41) is 29.4. The van der Waals surface area contributed by atoms with Gasteiger partial charge in [0.1, 0.15) is 42.8 Å². The van der Waals surface area contributed by atoms with Crippen molar-refractivity contribution in [1.82, 2.24) is 47.2 Å². The van der Waals surface area contributed by atoms with E-state index in [2.05, 4.69) is 47.2 Å². The fourth-order valence-electron chi connectivity index (χ4n) is 7.87. The number of benzene rings is 3. The summed E-state index contributed by atoms with van der Waals surface area (Å²) in [4.78, 5) is 114. The van der Waals surface area contributed by atoms with E-state index in [0.717, 1.165) is 27.4 Å². The van der Waals surface area contributed by atoms with Crippen LogP contribution in [0.5, 0.6) is 0 Å². The zero-order chi connectivity index (χ0) is 50.9. The van der Waals surface area contributed by atoms with Gasteiger partial charge in [-0.15, -0.1) is 0 Å². The number of fused-ring (bicyclic) bond motifs is 2. The number of aromatic amines is 2. The molecule has 2 aromatic heterocycles. The van der Waals surface area contributed by atoms with Gasteiger partial charge in [0.15, 0.2) is 0 Å². The lowest BCUT2D eigenvalue weighted by Crippen LogP contribution is -2.60. The summed E-state index contributed by atoms with van der Waals surface area (Å²) in [5.74, 6) is -6.65. The Hall–Kier alpha value is -7.58. The summed E-state index contributed by atoms with van der Waals surface area (Å²) in [6.45, 7) is 5.91. The highest BCUT2D eigenvalue weighted by molar-refractivity contribution is 5.98. The van der Waals surface area contributed by atoms with Crippen molar-refractivity contribution in [1.29, 1.82) is 0 Å². The first-order chi connectivity index (χ1) is 33.4. The molecule has 0 saturated carbocycles. The molecule has 0 aliphatic heterocycles. The van der Waals surface area contributed by atoms with Crippen molar-refractivity contribution in [2.75, 3.05) is 13.1 Å². The van der Waals surface area contributed by atoms with Gasteiger partial charge in [0.25, 0.3) is 0 Å². The number of para-hydroxylation sites is 2. The van der Waals surface area contributed by atoms with Crippen LogP contribution in [0.1, 0.15) is 63.6 Å². The zero-order valence-corrected chi connectivity index (χ0v) is 39.8. The standard InChI is InChI=1S/C50H65N11O9/c1-28(2)43(50(70)55-27-42(62)63)61-46(66)38(20-12-13-21-51)57-48(68)39(22-31-14-6-5-7-15-31)60-49(69)41(24-33-26-54-37-19-11-9-17-35(33)37)59-45(65)30(4)56-47(67)40(58-44(64)29(3)52)23-32-25-53-36-18-10-8-16-34(32)36/h5-11,14-19,25-26,28-30,38-41,43,53-54H,12-13,20-24,27,51-52H2,1-4H3,(H,55,70)(H,56,67)(H,57,68)(H,58,64)(H,59,65)(H,60,69)(H,61,66)(H,62,63)/t29-,30+,38+,39-,40-,41+,43+/m1/s1. The van der Waals surface area contributed by atoms with Crippen LogP contribution in [0.15, 0.2) is 91.3 Å². The molecule has 0 unspecified atom stereocenters. The van der Waals surface area contributed by atoms with Crippen LogP contribution < -0.4 is 48.7 Å². The van der Waals surface area contributed by atoms with Crippen molar-refractivity contribution in [3.63, 3.8) is 0 Å². The van der Waals surface area contributed by atoms with Crippen molar-refractivity contribution < 1.29 is 43.5 Å². The van der Waals surface area contributed by atoms with Crippen molar-refractivity contribution >= 4 is 69.1 Å². The van der Waals surface area contributed by atoms with Crippen molar-refractivity contribution in [2.45, 2.75) is 109 Å². The van der Waals surface area contributed by atoms with Gasteiger partial charge in [-0.3, -0.25) is 38.4 Å². The highest BCUT2D eigenvalue weighted by atomic mass is 16.4. The third-order valence-corrected chi connectivity index (χ3v) is 11.8. The number of H-pyrrole nitrogens is 2. The van der Waals surface area contributed by atoms with E-state index in [4.69, 9.17) is 16.6 Å². The van der Waals surface area contributed by atoms with Crippen LogP contribution in [-0.4, -0.2) is 118 Å². The smallest absolute Gasteiger partial charge is 0.322 e. The van der Waals surface area contributed by atoms with Gasteiger partial charge in [-0.2, -0.15) is 0 Å². The highest BCUT2D eigenvalue weighted by Gasteiger charge is 2.34. The molecule has 20 heteroatoms. The number of aromatic nitrogens is 2. The number of hydrogen-bond acceptors (Lipinski definition) is 10. The summed E-state index contributed by atoms with van der Waals surface area (Å²) in [6, 6.07) is 15.4. The third kappa shape index (κ3) is 15.2. The van der Waals surface area contributed by atoms with Gasteiger partial charge < -0.3 is 63.8 Å². The maximum atomic E-state index is 14.7. The summed E-state index contributed by atoms with van der Waals surface area (Å²) >= 11 is 0. The summed E-state index contributed by atoms with van der Waals surface area (Å²) in [6.07, 6.45) is 4.47. The van der Waals surface area contributed by atoms with Crippen LogP contribution in [0.2, 0.25) is 0 Å². The molecule has 7 amide bonds. The van der Waals surface area contributed by atoms with Crippen LogP contribution in [0, 0.1) is 5.92 Å². The Morgan fingerprint density at radius 1 is 0.543 bits per heavy atom. The van der Waals surface area contributed by atoms with Gasteiger partial charge in [-0.1, -0.05) is 80.6 Å². The van der Waals surface area contributed by atoms with Gasteiger partial charge in [0.05, 0.1) is 6.04 Å². The lowest BCUT2D eigenvalue weighted by Gasteiger charge is -2.28. The molecule has 374 valence electrons. The number of rotatable bonds is 26. The van der Waals surface area contributed by atoms with Gasteiger partial charge >= 0.3 is 5.97 Å². The second-order valence-electron chi connectivity index (χ2n) is 17.7. The number of unbranched alkanes of at least 4 members (excludes halogenated alkanes) is 1. The lowest BCUT2D eigenvalue weighted by molar-refractivity contribution is -0.139. The molecule has 14 N–H and O–H groups in total. The molecule has 0 fully saturated rings. The third-order valence-electron chi connectivity index (χ3n) is 11.8. The van der Waals surface area contributed by atoms with Crippen LogP contribution >= 0.6 is 0 Å². The monoisotopic (exact) mass is 963 g/mol. The molecule has 0 aliphatic rings. The van der Waals surface area contributed by atoms with E-state index < -0.39 is 102 Å². The largest absolute Gasteiger partial charge is 0.480 e. The second kappa shape index (κ2) is 25.7. The molecule has 0 radical (unpaired) electrons. The number of carbonyl (C=O) groups excluding carboxylic acids is 7. The molecule has 5 rings (SSSR count). The summed E-state index contributed by atoms with van der Waals surface area (Å²) < 4.78 is 0. The van der Waals surface area contributed by atoms with E-state index in [0.29, 0.717) is 30.5 Å². The van der Waals surface area contributed by atoms with Crippen molar-refractivity contribution in [3.05, 3.63) is 108 Å². The van der Waals surface area contributed by atoms with E-state index in [1.807, 2.05) is 48.5 Å². The predicted molar refractivity (Wildman–Crippen MR) is 263 cm³/mol. The maximum absolute atomic E-state index is 14.7. The van der Waals surface area contributed by atoms with Gasteiger partial charge in [-0.05, 0) is 74.4 Å². The fourth-order valence-corrected chi connectivity index (χ4v) is 7.87. The fraction of sp³-hybridized carbons (Fsp3) is 0.400. The average molecular weight is 964 g/mol. The van der Waals surface area contributed by atoms with E-state index in [-0.39, 0.29) is 25.7 Å². The number of nitrogens with two attached hydrogens (primary N) is 2. The van der Waals surface area contributed by atoms with E-state index in [9.17, 15) is 38.4 Å². The molecule has 20 nitrogen and oxygen atoms in total. The topological polar surface area (TPSA) is 325 Å². The van der Waals surface area contributed by atoms with E-state index in [1.165, 1.54) is 13.8 Å². The Morgan fingerprint density at radius 2 is 1.01 bits per heavy atom. The molecule has 0 spiro atoms. The molecule has 0 bridgehead atoms. The number of amides is 7. The minimum absolute atomic E-state index is 0.0348. The molecule has 5 aromatic rings.